The Kier molecular flexibility index (Phi) is 3.36. The van der Waals surface area contributed by atoms with Gasteiger partial charge in [0.05, 0.1) is 6.42 Å². The molecule has 0 radical (unpaired) electrons. The Morgan fingerprint density at radius 1 is 1.37 bits per heavy atom. The third kappa shape index (κ3) is 2.87. The van der Waals surface area contributed by atoms with Crippen LogP contribution < -0.4 is 0 Å². The second-order valence-corrected chi connectivity index (χ2v) is 4.88. The van der Waals surface area contributed by atoms with Crippen molar-refractivity contribution in [3.8, 4) is 0 Å². The fourth-order valence-electron chi connectivity index (χ4n) is 2.40. The SMILES string of the molecule is O=C(CC1C=CCC1)OCc1cc2ccccc2o1. The van der Waals surface area contributed by atoms with E-state index in [1.54, 1.807) is 0 Å². The normalized spacial score (nSPS) is 18.0. The average Bonchev–Trinajstić information content (AvgIpc) is 3.04. The van der Waals surface area contributed by atoms with Crippen molar-refractivity contribution in [2.75, 3.05) is 0 Å². The molecule has 1 unspecified atom stereocenters. The standard InChI is InChI=1S/C16H16O3/c17-16(9-12-5-1-2-6-12)18-11-14-10-13-7-3-4-8-15(13)19-14/h1,3-5,7-8,10,12H,2,6,9,11H2. The van der Waals surface area contributed by atoms with E-state index in [2.05, 4.69) is 12.2 Å². The van der Waals surface area contributed by atoms with Crippen molar-refractivity contribution >= 4 is 16.9 Å². The summed E-state index contributed by atoms with van der Waals surface area (Å²) in [5.74, 6) is 0.886. The molecular formula is C16H16O3. The van der Waals surface area contributed by atoms with Gasteiger partial charge in [-0.15, -0.1) is 0 Å². The number of rotatable bonds is 4. The number of hydrogen-bond acceptors (Lipinski definition) is 3. The minimum Gasteiger partial charge on any atom is -0.457 e. The molecule has 3 heteroatoms. The molecule has 2 aromatic rings. The molecule has 0 amide bonds. The van der Waals surface area contributed by atoms with Gasteiger partial charge in [-0.25, -0.2) is 0 Å². The first-order valence-electron chi connectivity index (χ1n) is 6.61. The molecule has 1 aromatic heterocycles. The van der Waals surface area contributed by atoms with Crippen molar-refractivity contribution in [2.24, 2.45) is 5.92 Å². The molecule has 1 aliphatic rings. The summed E-state index contributed by atoms with van der Waals surface area (Å²) in [6.45, 7) is 0.212. The first-order valence-corrected chi connectivity index (χ1v) is 6.61. The second kappa shape index (κ2) is 5.31. The number of ether oxygens (including phenoxy) is 1. The van der Waals surface area contributed by atoms with E-state index in [0.717, 1.165) is 23.8 Å². The van der Waals surface area contributed by atoms with Crippen molar-refractivity contribution < 1.29 is 13.9 Å². The lowest BCUT2D eigenvalue weighted by Gasteiger charge is -2.06. The largest absolute Gasteiger partial charge is 0.457 e. The summed E-state index contributed by atoms with van der Waals surface area (Å²) in [4.78, 5) is 11.7. The number of esters is 1. The number of para-hydroxylation sites is 1. The fraction of sp³-hybridized carbons (Fsp3) is 0.312. The quantitative estimate of drug-likeness (QED) is 0.616. The highest BCUT2D eigenvalue weighted by atomic mass is 16.5. The van der Waals surface area contributed by atoms with Gasteiger partial charge in [0, 0.05) is 5.39 Å². The Hall–Kier alpha value is -2.03. The van der Waals surface area contributed by atoms with Gasteiger partial charge in [-0.2, -0.15) is 0 Å². The number of benzene rings is 1. The first kappa shape index (κ1) is 12.0. The zero-order valence-electron chi connectivity index (χ0n) is 10.7. The maximum absolute atomic E-state index is 11.7. The Bertz CT molecular complexity index is 576. The number of carbonyl (C=O) groups excluding carboxylic acids is 1. The highest BCUT2D eigenvalue weighted by Crippen LogP contribution is 2.22. The van der Waals surface area contributed by atoms with Crippen molar-refractivity contribution in [2.45, 2.75) is 25.9 Å². The highest BCUT2D eigenvalue weighted by molar-refractivity contribution is 5.77. The van der Waals surface area contributed by atoms with Crippen molar-refractivity contribution in [1.29, 1.82) is 0 Å². The summed E-state index contributed by atoms with van der Waals surface area (Å²) in [5.41, 5.74) is 0.826. The molecule has 1 aromatic carbocycles. The van der Waals surface area contributed by atoms with Crippen LogP contribution in [-0.2, 0) is 16.1 Å². The summed E-state index contributed by atoms with van der Waals surface area (Å²) in [6, 6.07) is 9.68. The molecule has 19 heavy (non-hydrogen) atoms. The molecule has 0 saturated carbocycles. The van der Waals surface area contributed by atoms with Crippen LogP contribution in [0.25, 0.3) is 11.0 Å². The minimum absolute atomic E-state index is 0.156. The molecule has 3 nitrogen and oxygen atoms in total. The van der Waals surface area contributed by atoms with Crippen LogP contribution in [0, 0.1) is 5.92 Å². The van der Waals surface area contributed by atoms with Crippen LogP contribution in [0.5, 0.6) is 0 Å². The lowest BCUT2D eigenvalue weighted by molar-refractivity contribution is -0.146. The van der Waals surface area contributed by atoms with E-state index in [4.69, 9.17) is 9.15 Å². The van der Waals surface area contributed by atoms with Crippen LogP contribution in [0.3, 0.4) is 0 Å². The monoisotopic (exact) mass is 256 g/mol. The van der Waals surface area contributed by atoms with E-state index in [0.29, 0.717) is 18.1 Å². The number of allylic oxidation sites excluding steroid dienone is 2. The van der Waals surface area contributed by atoms with Gasteiger partial charge in [0.1, 0.15) is 18.0 Å². The molecule has 3 rings (SSSR count). The fourth-order valence-corrected chi connectivity index (χ4v) is 2.40. The maximum atomic E-state index is 11.7. The Balaban J connectivity index is 1.56. The van der Waals surface area contributed by atoms with E-state index in [9.17, 15) is 4.79 Å². The van der Waals surface area contributed by atoms with Crippen LogP contribution >= 0.6 is 0 Å². The van der Waals surface area contributed by atoms with Gasteiger partial charge < -0.3 is 9.15 Å². The van der Waals surface area contributed by atoms with Gasteiger partial charge in [0.25, 0.3) is 0 Å². The van der Waals surface area contributed by atoms with Gasteiger partial charge in [0.15, 0.2) is 0 Å². The molecule has 0 N–H and O–H groups in total. The van der Waals surface area contributed by atoms with Crippen LogP contribution in [-0.4, -0.2) is 5.97 Å². The lowest BCUT2D eigenvalue weighted by Crippen LogP contribution is -2.08. The van der Waals surface area contributed by atoms with E-state index in [1.807, 2.05) is 30.3 Å². The Morgan fingerprint density at radius 3 is 3.05 bits per heavy atom. The molecule has 98 valence electrons. The van der Waals surface area contributed by atoms with E-state index < -0.39 is 0 Å². The van der Waals surface area contributed by atoms with Crippen molar-refractivity contribution in [3.05, 3.63) is 48.2 Å². The zero-order valence-corrected chi connectivity index (χ0v) is 10.7. The summed E-state index contributed by atoms with van der Waals surface area (Å²) >= 11 is 0. The molecular weight excluding hydrogens is 240 g/mol. The van der Waals surface area contributed by atoms with Gasteiger partial charge in [-0.3, -0.25) is 4.79 Å². The van der Waals surface area contributed by atoms with Gasteiger partial charge in [-0.05, 0) is 30.9 Å². The predicted octanol–water partition coefficient (Wildman–Crippen LogP) is 3.83. The highest BCUT2D eigenvalue weighted by Gasteiger charge is 2.15. The lowest BCUT2D eigenvalue weighted by atomic mass is 10.1. The van der Waals surface area contributed by atoms with E-state index >= 15 is 0 Å². The molecule has 1 aliphatic carbocycles. The van der Waals surface area contributed by atoms with Gasteiger partial charge in [-0.1, -0.05) is 30.4 Å². The summed E-state index contributed by atoms with van der Waals surface area (Å²) in [7, 11) is 0. The topological polar surface area (TPSA) is 39.4 Å². The maximum Gasteiger partial charge on any atom is 0.306 e. The predicted molar refractivity (Wildman–Crippen MR) is 72.5 cm³/mol. The van der Waals surface area contributed by atoms with E-state index in [1.165, 1.54) is 0 Å². The third-order valence-corrected chi connectivity index (χ3v) is 3.39. The van der Waals surface area contributed by atoms with Crippen LogP contribution in [0.15, 0.2) is 46.9 Å². The summed E-state index contributed by atoms with van der Waals surface area (Å²) in [5, 5.41) is 1.03. The Labute approximate surface area is 111 Å². The number of furan rings is 1. The van der Waals surface area contributed by atoms with Crippen LogP contribution in [0.4, 0.5) is 0 Å². The number of hydrogen-bond donors (Lipinski definition) is 0. The van der Waals surface area contributed by atoms with Gasteiger partial charge in [0.2, 0.25) is 0 Å². The van der Waals surface area contributed by atoms with Gasteiger partial charge >= 0.3 is 5.97 Å². The molecule has 0 fully saturated rings. The zero-order chi connectivity index (χ0) is 13.1. The third-order valence-electron chi connectivity index (χ3n) is 3.39. The summed E-state index contributed by atoms with van der Waals surface area (Å²) < 4.78 is 10.9. The minimum atomic E-state index is -0.156. The van der Waals surface area contributed by atoms with Crippen LogP contribution in [0.2, 0.25) is 0 Å². The average molecular weight is 256 g/mol. The Morgan fingerprint density at radius 2 is 2.26 bits per heavy atom. The number of fused-ring (bicyclic) bond motifs is 1. The van der Waals surface area contributed by atoms with Crippen molar-refractivity contribution in [3.63, 3.8) is 0 Å². The summed E-state index contributed by atoms with van der Waals surface area (Å²) in [6.07, 6.45) is 6.82. The smallest absolute Gasteiger partial charge is 0.306 e. The van der Waals surface area contributed by atoms with Crippen molar-refractivity contribution in [1.82, 2.24) is 0 Å². The molecule has 0 saturated heterocycles. The first-order chi connectivity index (χ1) is 9.31. The van der Waals surface area contributed by atoms with E-state index in [-0.39, 0.29) is 12.6 Å². The molecule has 0 bridgehead atoms. The molecule has 0 aliphatic heterocycles. The number of carbonyl (C=O) groups is 1. The molecule has 0 spiro atoms. The van der Waals surface area contributed by atoms with Crippen LogP contribution in [0.1, 0.15) is 25.0 Å². The molecule has 1 heterocycles. The second-order valence-electron chi connectivity index (χ2n) is 4.88. The molecule has 1 atom stereocenters.